The van der Waals surface area contributed by atoms with Crippen LogP contribution in [-0.2, 0) is 4.79 Å². The van der Waals surface area contributed by atoms with Crippen molar-refractivity contribution in [3.8, 4) is 0 Å². The number of halogens is 2. The predicted octanol–water partition coefficient (Wildman–Crippen LogP) is 3.28. The molecule has 0 spiro atoms. The molecule has 124 valence electrons. The van der Waals surface area contributed by atoms with Crippen LogP contribution in [0, 0.1) is 11.6 Å². The Morgan fingerprint density at radius 2 is 1.92 bits per heavy atom. The molecular formula is C19H18F2N2O. The Balaban J connectivity index is 2.03. The second-order valence-corrected chi connectivity index (χ2v) is 5.93. The van der Waals surface area contributed by atoms with Gasteiger partial charge in [0.1, 0.15) is 11.6 Å². The summed E-state index contributed by atoms with van der Waals surface area (Å²) < 4.78 is 27.6. The number of hydrogen-bond acceptors (Lipinski definition) is 2. The molecule has 2 atom stereocenters. The van der Waals surface area contributed by atoms with Crippen LogP contribution in [0.4, 0.5) is 8.78 Å². The number of carbonyl (C=O) groups excluding carboxylic acids is 1. The largest absolute Gasteiger partial charge is 0.326 e. The lowest BCUT2D eigenvalue weighted by molar-refractivity contribution is -0.132. The van der Waals surface area contributed by atoms with Gasteiger partial charge in [0.15, 0.2) is 0 Å². The maximum Gasteiger partial charge on any atom is 0.240 e. The minimum atomic E-state index is -0.665. The summed E-state index contributed by atoms with van der Waals surface area (Å²) in [6.07, 6.45) is 1.80. The fourth-order valence-electron chi connectivity index (χ4n) is 2.94. The Morgan fingerprint density at radius 3 is 2.58 bits per heavy atom. The van der Waals surface area contributed by atoms with Crippen molar-refractivity contribution < 1.29 is 13.6 Å². The van der Waals surface area contributed by atoms with Crippen LogP contribution in [0.15, 0.2) is 54.6 Å². The SMILES string of the molecule is C[C@H](N)C(=O)N1CC(c2cc(F)ccc2F)=CC1c1ccccc1. The number of rotatable bonds is 3. The van der Waals surface area contributed by atoms with Gasteiger partial charge in [-0.05, 0) is 36.3 Å². The van der Waals surface area contributed by atoms with E-state index in [0.29, 0.717) is 5.57 Å². The van der Waals surface area contributed by atoms with Crippen molar-refractivity contribution in [1.82, 2.24) is 4.90 Å². The van der Waals surface area contributed by atoms with Crippen molar-refractivity contribution in [2.45, 2.75) is 19.0 Å². The Bertz CT molecular complexity index is 787. The standard InChI is InChI=1S/C19H18F2N2O/c1-12(22)19(24)23-11-14(16-10-15(20)7-8-17(16)21)9-18(23)13-5-3-2-4-6-13/h2-10,12,18H,11,22H2,1H3/t12-,18?/m0/s1. The van der Waals surface area contributed by atoms with Crippen LogP contribution in [0.2, 0.25) is 0 Å². The van der Waals surface area contributed by atoms with Gasteiger partial charge in [0.2, 0.25) is 5.91 Å². The van der Waals surface area contributed by atoms with Gasteiger partial charge in [0, 0.05) is 12.1 Å². The van der Waals surface area contributed by atoms with E-state index in [1.54, 1.807) is 17.9 Å². The van der Waals surface area contributed by atoms with Crippen molar-refractivity contribution in [3.05, 3.63) is 77.4 Å². The Morgan fingerprint density at radius 1 is 1.21 bits per heavy atom. The van der Waals surface area contributed by atoms with E-state index in [-0.39, 0.29) is 24.1 Å². The molecule has 2 aromatic carbocycles. The molecule has 2 aromatic rings. The molecule has 0 saturated carbocycles. The van der Waals surface area contributed by atoms with E-state index in [1.807, 2.05) is 30.3 Å². The summed E-state index contributed by atoms with van der Waals surface area (Å²) in [5.41, 5.74) is 7.40. The van der Waals surface area contributed by atoms with Gasteiger partial charge < -0.3 is 10.6 Å². The number of benzene rings is 2. The van der Waals surface area contributed by atoms with Crippen LogP contribution >= 0.6 is 0 Å². The van der Waals surface area contributed by atoms with Crippen molar-refractivity contribution in [3.63, 3.8) is 0 Å². The third kappa shape index (κ3) is 3.08. The molecule has 2 N–H and O–H groups in total. The first-order valence-corrected chi connectivity index (χ1v) is 7.74. The lowest BCUT2D eigenvalue weighted by Crippen LogP contribution is -2.42. The molecule has 1 heterocycles. The quantitative estimate of drug-likeness (QED) is 0.940. The second kappa shape index (κ2) is 6.53. The summed E-state index contributed by atoms with van der Waals surface area (Å²) >= 11 is 0. The lowest BCUT2D eigenvalue weighted by Gasteiger charge is -2.26. The predicted molar refractivity (Wildman–Crippen MR) is 88.9 cm³/mol. The molecule has 0 bridgehead atoms. The van der Waals surface area contributed by atoms with Gasteiger partial charge in [0.25, 0.3) is 0 Å². The summed E-state index contributed by atoms with van der Waals surface area (Å²) in [7, 11) is 0. The summed E-state index contributed by atoms with van der Waals surface area (Å²) in [4.78, 5) is 14.1. The van der Waals surface area contributed by atoms with Gasteiger partial charge in [-0.1, -0.05) is 36.4 Å². The highest BCUT2D eigenvalue weighted by molar-refractivity contribution is 5.86. The molecule has 1 aliphatic heterocycles. The van der Waals surface area contributed by atoms with Crippen LogP contribution < -0.4 is 5.73 Å². The maximum atomic E-state index is 14.1. The topological polar surface area (TPSA) is 46.3 Å². The number of nitrogens with two attached hydrogens (primary N) is 1. The molecule has 3 rings (SSSR count). The average Bonchev–Trinajstić information content (AvgIpc) is 3.02. The highest BCUT2D eigenvalue weighted by atomic mass is 19.1. The highest BCUT2D eigenvalue weighted by Crippen LogP contribution is 2.35. The van der Waals surface area contributed by atoms with E-state index < -0.39 is 17.7 Å². The van der Waals surface area contributed by atoms with Crippen LogP contribution in [0.25, 0.3) is 5.57 Å². The molecule has 1 amide bonds. The first-order chi connectivity index (χ1) is 11.5. The number of nitrogens with zero attached hydrogens (tertiary/aromatic N) is 1. The number of amides is 1. The first-order valence-electron chi connectivity index (χ1n) is 7.74. The molecule has 0 fully saturated rings. The van der Waals surface area contributed by atoms with Gasteiger partial charge in [-0.15, -0.1) is 0 Å². The van der Waals surface area contributed by atoms with Crippen LogP contribution in [0.5, 0.6) is 0 Å². The van der Waals surface area contributed by atoms with Crippen molar-refractivity contribution >= 4 is 11.5 Å². The summed E-state index contributed by atoms with van der Waals surface area (Å²) in [6, 6.07) is 11.7. The summed E-state index contributed by atoms with van der Waals surface area (Å²) in [5.74, 6) is -1.25. The third-order valence-corrected chi connectivity index (χ3v) is 4.12. The van der Waals surface area contributed by atoms with Crippen molar-refractivity contribution in [2.24, 2.45) is 5.73 Å². The first kappa shape index (κ1) is 16.3. The normalized spacial score (nSPS) is 18.4. The van der Waals surface area contributed by atoms with Crippen molar-refractivity contribution in [1.29, 1.82) is 0 Å². The zero-order chi connectivity index (χ0) is 17.3. The number of hydrogen-bond donors (Lipinski definition) is 1. The minimum absolute atomic E-state index is 0.177. The fourth-order valence-corrected chi connectivity index (χ4v) is 2.94. The fraction of sp³-hybridized carbons (Fsp3) is 0.211. The van der Waals surface area contributed by atoms with E-state index in [9.17, 15) is 13.6 Å². The Kier molecular flexibility index (Phi) is 4.44. The second-order valence-electron chi connectivity index (χ2n) is 5.93. The zero-order valence-corrected chi connectivity index (χ0v) is 13.2. The van der Waals surface area contributed by atoms with Crippen molar-refractivity contribution in [2.75, 3.05) is 6.54 Å². The third-order valence-electron chi connectivity index (χ3n) is 4.12. The summed E-state index contributed by atoms with van der Waals surface area (Å²) in [6.45, 7) is 1.81. The molecule has 3 nitrogen and oxygen atoms in total. The van der Waals surface area contributed by atoms with E-state index >= 15 is 0 Å². The van der Waals surface area contributed by atoms with Gasteiger partial charge in [-0.2, -0.15) is 0 Å². The average molecular weight is 328 g/mol. The molecular weight excluding hydrogens is 310 g/mol. The van der Waals surface area contributed by atoms with Gasteiger partial charge in [-0.3, -0.25) is 4.79 Å². The molecule has 1 unspecified atom stereocenters. The molecule has 5 heteroatoms. The van der Waals surface area contributed by atoms with Crippen LogP contribution in [0.1, 0.15) is 24.1 Å². The zero-order valence-electron chi connectivity index (χ0n) is 13.2. The molecule has 0 saturated heterocycles. The van der Waals surface area contributed by atoms with Crippen LogP contribution in [-0.4, -0.2) is 23.4 Å². The minimum Gasteiger partial charge on any atom is -0.326 e. The molecule has 0 aliphatic carbocycles. The Hall–Kier alpha value is -2.53. The lowest BCUT2D eigenvalue weighted by atomic mass is 10.0. The smallest absolute Gasteiger partial charge is 0.240 e. The summed E-state index contributed by atoms with van der Waals surface area (Å²) in [5, 5.41) is 0. The van der Waals surface area contributed by atoms with E-state index in [4.69, 9.17) is 5.73 Å². The van der Waals surface area contributed by atoms with E-state index in [2.05, 4.69) is 0 Å². The Labute approximate surface area is 139 Å². The monoisotopic (exact) mass is 328 g/mol. The molecule has 0 aromatic heterocycles. The number of carbonyl (C=O) groups is 1. The van der Waals surface area contributed by atoms with Crippen LogP contribution in [0.3, 0.4) is 0 Å². The molecule has 0 radical (unpaired) electrons. The highest BCUT2D eigenvalue weighted by Gasteiger charge is 2.32. The van der Waals surface area contributed by atoms with E-state index in [1.165, 1.54) is 0 Å². The van der Waals surface area contributed by atoms with E-state index in [0.717, 1.165) is 23.8 Å². The van der Waals surface area contributed by atoms with Gasteiger partial charge in [-0.25, -0.2) is 8.78 Å². The molecule has 1 aliphatic rings. The van der Waals surface area contributed by atoms with Gasteiger partial charge >= 0.3 is 0 Å². The molecule has 24 heavy (non-hydrogen) atoms. The van der Waals surface area contributed by atoms with Gasteiger partial charge in [0.05, 0.1) is 12.1 Å². The maximum absolute atomic E-state index is 14.1.